The highest BCUT2D eigenvalue weighted by molar-refractivity contribution is 8.00. The summed E-state index contributed by atoms with van der Waals surface area (Å²) in [6, 6.07) is 14.2. The van der Waals surface area contributed by atoms with Gasteiger partial charge in [-0.2, -0.15) is 0 Å². The van der Waals surface area contributed by atoms with Crippen LogP contribution in [0.25, 0.3) is 5.69 Å². The molecule has 2 aromatic heterocycles. The van der Waals surface area contributed by atoms with Gasteiger partial charge in [-0.05, 0) is 75.1 Å². The van der Waals surface area contributed by atoms with Crippen molar-refractivity contribution in [1.29, 1.82) is 0 Å². The zero-order chi connectivity index (χ0) is 31.2. The lowest BCUT2D eigenvalue weighted by atomic mass is 10.1. The van der Waals surface area contributed by atoms with E-state index in [1.54, 1.807) is 56.9 Å². The van der Waals surface area contributed by atoms with Crippen molar-refractivity contribution in [3.05, 3.63) is 75.9 Å². The van der Waals surface area contributed by atoms with Crippen LogP contribution in [0.5, 0.6) is 11.5 Å². The molecule has 1 aliphatic rings. The van der Waals surface area contributed by atoms with Crippen LogP contribution < -0.4 is 20.1 Å². The molecular weight excluding hydrogens is 603 g/mol. The van der Waals surface area contributed by atoms with E-state index in [0.717, 1.165) is 29.7 Å². The number of amides is 2. The molecule has 44 heavy (non-hydrogen) atoms. The summed E-state index contributed by atoms with van der Waals surface area (Å²) in [4.78, 5) is 40.2. The maximum absolute atomic E-state index is 13.4. The van der Waals surface area contributed by atoms with Gasteiger partial charge in [-0.1, -0.05) is 23.9 Å². The third-order valence-corrected chi connectivity index (χ3v) is 9.32. The molecule has 11 nitrogen and oxygen atoms in total. The predicted molar refractivity (Wildman–Crippen MR) is 168 cm³/mol. The van der Waals surface area contributed by atoms with E-state index in [0.29, 0.717) is 44.3 Å². The average Bonchev–Trinajstić information content (AvgIpc) is 3.74. The Morgan fingerprint density at radius 2 is 1.82 bits per heavy atom. The van der Waals surface area contributed by atoms with Crippen LogP contribution in [0.3, 0.4) is 0 Å². The summed E-state index contributed by atoms with van der Waals surface area (Å²) in [6.07, 6.45) is 2.65. The van der Waals surface area contributed by atoms with E-state index in [1.165, 1.54) is 23.1 Å². The van der Waals surface area contributed by atoms with Gasteiger partial charge in [0.25, 0.3) is 5.91 Å². The Morgan fingerprint density at radius 1 is 1.05 bits per heavy atom. The lowest BCUT2D eigenvalue weighted by Crippen LogP contribution is -2.25. The number of esters is 1. The highest BCUT2D eigenvalue weighted by atomic mass is 32.2. The molecule has 1 aliphatic carbocycles. The Kier molecular flexibility index (Phi) is 9.85. The Balaban J connectivity index is 1.37. The van der Waals surface area contributed by atoms with E-state index in [-0.39, 0.29) is 25.0 Å². The van der Waals surface area contributed by atoms with Crippen LogP contribution in [0.2, 0.25) is 0 Å². The van der Waals surface area contributed by atoms with Crippen LogP contribution in [0.4, 0.5) is 5.00 Å². The molecule has 1 atom stereocenters. The normalized spacial score (nSPS) is 12.7. The summed E-state index contributed by atoms with van der Waals surface area (Å²) in [5.74, 6) is 0.679. The molecule has 0 bridgehead atoms. The van der Waals surface area contributed by atoms with E-state index in [2.05, 4.69) is 20.8 Å². The van der Waals surface area contributed by atoms with Crippen molar-refractivity contribution in [1.82, 2.24) is 20.1 Å². The number of anilines is 1. The second-order valence-corrected chi connectivity index (χ2v) is 12.3. The fourth-order valence-electron chi connectivity index (χ4n) is 4.89. The van der Waals surface area contributed by atoms with Gasteiger partial charge >= 0.3 is 5.97 Å². The predicted octanol–water partition coefficient (Wildman–Crippen LogP) is 5.06. The minimum absolute atomic E-state index is 0.0701. The van der Waals surface area contributed by atoms with Crippen LogP contribution in [0.15, 0.2) is 53.7 Å². The Bertz CT molecular complexity index is 1670. The number of para-hydroxylation sites is 2. The number of methoxy groups -OCH3 is 2. The second-order valence-electron chi connectivity index (χ2n) is 9.85. The van der Waals surface area contributed by atoms with E-state index in [9.17, 15) is 14.4 Å². The fourth-order valence-corrected chi connectivity index (χ4v) is 7.05. The van der Waals surface area contributed by atoms with Crippen LogP contribution in [-0.4, -0.2) is 58.6 Å². The third kappa shape index (κ3) is 6.58. The first kappa shape index (κ1) is 31.1. The van der Waals surface area contributed by atoms with Crippen LogP contribution in [0, 0.1) is 0 Å². The van der Waals surface area contributed by atoms with Crippen molar-refractivity contribution in [3.63, 3.8) is 0 Å². The number of aromatic nitrogens is 3. The maximum Gasteiger partial charge on any atom is 0.341 e. The van der Waals surface area contributed by atoms with E-state index in [4.69, 9.17) is 14.2 Å². The SMILES string of the molecule is CCOC(=O)c1c(NC(=O)C(C)Sc2nnc(CNC(=O)c3ccc(OC)cc3)n2-c2ccccc2OC)sc2c1CCC2. The van der Waals surface area contributed by atoms with Gasteiger partial charge in [0.1, 0.15) is 16.5 Å². The van der Waals surface area contributed by atoms with Crippen molar-refractivity contribution < 1.29 is 28.6 Å². The van der Waals surface area contributed by atoms with E-state index in [1.807, 2.05) is 24.3 Å². The van der Waals surface area contributed by atoms with Crippen molar-refractivity contribution in [2.24, 2.45) is 0 Å². The molecule has 2 aromatic carbocycles. The molecule has 0 saturated heterocycles. The van der Waals surface area contributed by atoms with Gasteiger partial charge in [-0.25, -0.2) is 4.79 Å². The number of benzene rings is 2. The summed E-state index contributed by atoms with van der Waals surface area (Å²) >= 11 is 2.64. The molecular formula is C31H33N5O6S2. The van der Waals surface area contributed by atoms with Gasteiger partial charge in [-0.3, -0.25) is 14.2 Å². The zero-order valence-corrected chi connectivity index (χ0v) is 26.5. The van der Waals surface area contributed by atoms with Gasteiger partial charge in [0, 0.05) is 10.4 Å². The number of carbonyl (C=O) groups excluding carboxylic acids is 3. The topological polar surface area (TPSA) is 134 Å². The summed E-state index contributed by atoms with van der Waals surface area (Å²) in [5.41, 5.74) is 2.56. The quantitative estimate of drug-likeness (QED) is 0.162. The minimum Gasteiger partial charge on any atom is -0.497 e. The number of aryl methyl sites for hydroxylation is 1. The molecule has 0 spiro atoms. The number of thiophene rings is 1. The van der Waals surface area contributed by atoms with Crippen molar-refractivity contribution >= 4 is 45.9 Å². The smallest absolute Gasteiger partial charge is 0.341 e. The number of fused-ring (bicyclic) bond motifs is 1. The summed E-state index contributed by atoms with van der Waals surface area (Å²) in [6.45, 7) is 3.85. The molecule has 0 radical (unpaired) electrons. The number of nitrogens with one attached hydrogen (secondary N) is 2. The molecule has 2 heterocycles. The lowest BCUT2D eigenvalue weighted by molar-refractivity contribution is -0.115. The number of rotatable bonds is 12. The maximum atomic E-state index is 13.4. The Hall–Kier alpha value is -4.36. The summed E-state index contributed by atoms with van der Waals surface area (Å²) < 4.78 is 17.8. The van der Waals surface area contributed by atoms with Gasteiger partial charge in [0.05, 0.1) is 43.9 Å². The fraction of sp³-hybridized carbons (Fsp3) is 0.323. The second kappa shape index (κ2) is 14.0. The number of hydrogen-bond acceptors (Lipinski definition) is 10. The van der Waals surface area contributed by atoms with Crippen molar-refractivity contribution in [2.75, 3.05) is 26.1 Å². The third-order valence-electron chi connectivity index (χ3n) is 7.07. The highest BCUT2D eigenvalue weighted by Crippen LogP contribution is 2.40. The largest absolute Gasteiger partial charge is 0.497 e. The first-order chi connectivity index (χ1) is 21.3. The zero-order valence-electron chi connectivity index (χ0n) is 24.8. The van der Waals surface area contributed by atoms with Gasteiger partial charge < -0.3 is 24.8 Å². The van der Waals surface area contributed by atoms with Gasteiger partial charge in [0.2, 0.25) is 5.91 Å². The highest BCUT2D eigenvalue weighted by Gasteiger charge is 2.30. The molecule has 2 amide bonds. The van der Waals surface area contributed by atoms with Gasteiger partial charge in [0.15, 0.2) is 11.0 Å². The number of thioether (sulfide) groups is 1. The summed E-state index contributed by atoms with van der Waals surface area (Å²) in [7, 11) is 3.13. The lowest BCUT2D eigenvalue weighted by Gasteiger charge is -2.16. The van der Waals surface area contributed by atoms with Crippen molar-refractivity contribution in [2.45, 2.75) is 50.1 Å². The first-order valence-corrected chi connectivity index (χ1v) is 15.8. The van der Waals surface area contributed by atoms with E-state index < -0.39 is 11.2 Å². The van der Waals surface area contributed by atoms with E-state index >= 15 is 0 Å². The molecule has 0 fully saturated rings. The van der Waals surface area contributed by atoms with Crippen LogP contribution in [0.1, 0.15) is 57.2 Å². The van der Waals surface area contributed by atoms with Crippen LogP contribution >= 0.6 is 23.1 Å². The Labute approximate surface area is 263 Å². The molecule has 230 valence electrons. The molecule has 1 unspecified atom stereocenters. The Morgan fingerprint density at radius 3 is 2.55 bits per heavy atom. The monoisotopic (exact) mass is 635 g/mol. The molecule has 13 heteroatoms. The number of carbonyl (C=O) groups is 3. The molecule has 0 saturated carbocycles. The summed E-state index contributed by atoms with van der Waals surface area (Å²) in [5, 5.41) is 14.9. The number of ether oxygens (including phenoxy) is 3. The molecule has 2 N–H and O–H groups in total. The first-order valence-electron chi connectivity index (χ1n) is 14.1. The standard InChI is InChI=1S/C31H33N5O6S2/c1-5-42-30(39)26-21-9-8-12-24(21)44-29(26)33-27(37)18(2)43-31-35-34-25(36(31)22-10-6-7-11-23(22)41-4)17-32-28(38)19-13-15-20(40-3)16-14-19/h6-7,10-11,13-16,18H,5,8-9,12,17H2,1-4H3,(H,32,38)(H,33,37). The minimum atomic E-state index is -0.610. The average molecular weight is 636 g/mol. The molecule has 4 aromatic rings. The van der Waals surface area contributed by atoms with Crippen molar-refractivity contribution in [3.8, 4) is 17.2 Å². The molecule has 0 aliphatic heterocycles. The molecule has 5 rings (SSSR count). The van der Waals surface area contributed by atoms with Gasteiger partial charge in [-0.15, -0.1) is 21.5 Å². The van der Waals surface area contributed by atoms with Crippen LogP contribution in [-0.2, 0) is 28.9 Å². The number of nitrogens with zero attached hydrogens (tertiary/aromatic N) is 3. The number of hydrogen-bond donors (Lipinski definition) is 2.